The number of nitrogens with one attached hydrogen (secondary N) is 1. The minimum Gasteiger partial charge on any atom is -0.337 e. The van der Waals surface area contributed by atoms with E-state index in [2.05, 4.69) is 9.97 Å². The molecule has 0 amide bonds. The van der Waals surface area contributed by atoms with E-state index in [0.717, 1.165) is 11.1 Å². The molecule has 5 heteroatoms. The van der Waals surface area contributed by atoms with Gasteiger partial charge in [-0.1, -0.05) is 29.9 Å². The maximum atomic E-state index is 12.9. The van der Waals surface area contributed by atoms with Crippen LogP contribution < -0.4 is 0 Å². The third kappa shape index (κ3) is 2.06. The zero-order valence-corrected chi connectivity index (χ0v) is 9.07. The molecule has 1 N–H and O–H groups in total. The van der Waals surface area contributed by atoms with Gasteiger partial charge in [0.05, 0.1) is 11.3 Å². The van der Waals surface area contributed by atoms with Crippen LogP contribution in [0.2, 0.25) is 5.02 Å². The first kappa shape index (κ1) is 10.3. The standard InChI is InChI=1S/C10H6ClFN2S/c11-8-3-6(1-2-9(8)12)7-4-13-5-14-10(7)15/h1-5H,(H,13,14,15). The quantitative estimate of drug-likeness (QED) is 0.772. The van der Waals surface area contributed by atoms with Gasteiger partial charge in [-0.2, -0.15) is 0 Å². The Morgan fingerprint density at radius 3 is 2.87 bits per heavy atom. The van der Waals surface area contributed by atoms with Crippen LogP contribution in [0, 0.1) is 10.5 Å². The molecule has 76 valence electrons. The van der Waals surface area contributed by atoms with Gasteiger partial charge in [0.15, 0.2) is 0 Å². The molecule has 1 heterocycles. The van der Waals surface area contributed by atoms with E-state index in [1.54, 1.807) is 12.3 Å². The van der Waals surface area contributed by atoms with E-state index in [1.165, 1.54) is 18.5 Å². The van der Waals surface area contributed by atoms with Crippen molar-refractivity contribution in [2.45, 2.75) is 0 Å². The van der Waals surface area contributed by atoms with E-state index in [4.69, 9.17) is 23.8 Å². The molecule has 1 aromatic heterocycles. The molecule has 0 aliphatic carbocycles. The minimum absolute atomic E-state index is 0.0748. The van der Waals surface area contributed by atoms with Gasteiger partial charge >= 0.3 is 0 Å². The van der Waals surface area contributed by atoms with Crippen molar-refractivity contribution in [3.05, 3.63) is 46.2 Å². The number of H-pyrrole nitrogens is 1. The summed E-state index contributed by atoms with van der Waals surface area (Å²) in [5.41, 5.74) is 1.48. The largest absolute Gasteiger partial charge is 0.337 e. The Kier molecular flexibility index (Phi) is 2.79. The number of halogens is 2. The molecular formula is C10H6ClFN2S. The van der Waals surface area contributed by atoms with Crippen LogP contribution in [0.4, 0.5) is 4.39 Å². The fourth-order valence-corrected chi connectivity index (χ4v) is 1.62. The van der Waals surface area contributed by atoms with Gasteiger partial charge in [-0.15, -0.1) is 0 Å². The molecule has 2 nitrogen and oxygen atoms in total. The molecule has 0 bridgehead atoms. The Labute approximate surface area is 95.8 Å². The van der Waals surface area contributed by atoms with E-state index in [-0.39, 0.29) is 5.02 Å². The molecule has 0 unspecified atom stereocenters. The van der Waals surface area contributed by atoms with Gasteiger partial charge in [0.1, 0.15) is 10.5 Å². The Morgan fingerprint density at radius 2 is 2.20 bits per heavy atom. The molecule has 2 rings (SSSR count). The fourth-order valence-electron chi connectivity index (χ4n) is 1.21. The third-order valence-electron chi connectivity index (χ3n) is 1.95. The maximum Gasteiger partial charge on any atom is 0.141 e. The molecule has 1 aromatic carbocycles. The molecule has 0 aliphatic rings. The summed E-state index contributed by atoms with van der Waals surface area (Å²) in [6, 6.07) is 4.44. The first-order valence-electron chi connectivity index (χ1n) is 4.16. The Morgan fingerprint density at radius 1 is 1.40 bits per heavy atom. The summed E-state index contributed by atoms with van der Waals surface area (Å²) in [4.78, 5) is 6.71. The first-order chi connectivity index (χ1) is 7.18. The van der Waals surface area contributed by atoms with Crippen molar-refractivity contribution in [2.75, 3.05) is 0 Å². The summed E-state index contributed by atoms with van der Waals surface area (Å²) in [5.74, 6) is -0.445. The lowest BCUT2D eigenvalue weighted by Gasteiger charge is -2.02. The summed E-state index contributed by atoms with van der Waals surface area (Å²) in [6.07, 6.45) is 3.11. The van der Waals surface area contributed by atoms with Crippen LogP contribution in [-0.4, -0.2) is 9.97 Å². The summed E-state index contributed by atoms with van der Waals surface area (Å²) in [5, 5.41) is 0.0748. The average Bonchev–Trinajstić information content (AvgIpc) is 2.23. The molecule has 2 aromatic rings. The number of benzene rings is 1. The predicted octanol–water partition coefficient (Wildman–Crippen LogP) is 3.60. The lowest BCUT2D eigenvalue weighted by atomic mass is 10.1. The smallest absolute Gasteiger partial charge is 0.141 e. The molecule has 15 heavy (non-hydrogen) atoms. The van der Waals surface area contributed by atoms with E-state index < -0.39 is 5.82 Å². The van der Waals surface area contributed by atoms with Crippen LogP contribution in [0.25, 0.3) is 11.1 Å². The van der Waals surface area contributed by atoms with E-state index in [0.29, 0.717) is 4.64 Å². The minimum atomic E-state index is -0.445. The van der Waals surface area contributed by atoms with Crippen LogP contribution in [0.1, 0.15) is 0 Å². The van der Waals surface area contributed by atoms with Crippen LogP contribution in [0.15, 0.2) is 30.7 Å². The van der Waals surface area contributed by atoms with Crippen molar-refractivity contribution in [3.63, 3.8) is 0 Å². The van der Waals surface area contributed by atoms with Crippen molar-refractivity contribution in [3.8, 4) is 11.1 Å². The van der Waals surface area contributed by atoms with Crippen molar-refractivity contribution < 1.29 is 4.39 Å². The average molecular weight is 241 g/mol. The molecule has 0 fully saturated rings. The maximum absolute atomic E-state index is 12.9. The molecule has 0 radical (unpaired) electrons. The Hall–Kier alpha value is -1.26. The Bertz CT molecular complexity index is 553. The van der Waals surface area contributed by atoms with Gasteiger partial charge < -0.3 is 4.98 Å². The third-order valence-corrected chi connectivity index (χ3v) is 2.58. The lowest BCUT2D eigenvalue weighted by Crippen LogP contribution is -1.86. The van der Waals surface area contributed by atoms with Crippen molar-refractivity contribution in [1.82, 2.24) is 9.97 Å². The van der Waals surface area contributed by atoms with Crippen molar-refractivity contribution in [2.24, 2.45) is 0 Å². The number of hydrogen-bond donors (Lipinski definition) is 1. The summed E-state index contributed by atoms with van der Waals surface area (Å²) in [6.45, 7) is 0. The van der Waals surface area contributed by atoms with Gasteiger partial charge in [-0.05, 0) is 17.7 Å². The second-order valence-electron chi connectivity index (χ2n) is 2.92. The van der Waals surface area contributed by atoms with E-state index in [9.17, 15) is 4.39 Å². The monoisotopic (exact) mass is 240 g/mol. The normalized spacial score (nSPS) is 10.3. The van der Waals surface area contributed by atoms with E-state index >= 15 is 0 Å². The molecule has 0 spiro atoms. The van der Waals surface area contributed by atoms with Crippen LogP contribution in [0.3, 0.4) is 0 Å². The molecule has 0 saturated carbocycles. The van der Waals surface area contributed by atoms with Crippen molar-refractivity contribution in [1.29, 1.82) is 0 Å². The van der Waals surface area contributed by atoms with Gasteiger partial charge in [0.2, 0.25) is 0 Å². The zero-order chi connectivity index (χ0) is 10.8. The lowest BCUT2D eigenvalue weighted by molar-refractivity contribution is 0.628. The summed E-state index contributed by atoms with van der Waals surface area (Å²) in [7, 11) is 0. The number of nitrogens with zero attached hydrogens (tertiary/aromatic N) is 1. The molecule has 0 saturated heterocycles. The van der Waals surface area contributed by atoms with Crippen molar-refractivity contribution >= 4 is 23.8 Å². The highest BCUT2D eigenvalue weighted by atomic mass is 35.5. The van der Waals surface area contributed by atoms with Gasteiger partial charge in [0, 0.05) is 11.8 Å². The molecule has 0 atom stereocenters. The SMILES string of the molecule is Fc1ccc(-c2cnc[nH]c2=S)cc1Cl. The highest BCUT2D eigenvalue weighted by Gasteiger charge is 2.04. The van der Waals surface area contributed by atoms with Crippen LogP contribution in [-0.2, 0) is 0 Å². The molecule has 0 aliphatic heterocycles. The first-order valence-corrected chi connectivity index (χ1v) is 4.95. The van der Waals surface area contributed by atoms with Gasteiger partial charge in [0.25, 0.3) is 0 Å². The summed E-state index contributed by atoms with van der Waals surface area (Å²) >= 11 is 10.8. The van der Waals surface area contributed by atoms with Gasteiger partial charge in [-0.25, -0.2) is 9.37 Å². The molecular weight excluding hydrogens is 235 g/mol. The summed E-state index contributed by atoms with van der Waals surface area (Å²) < 4.78 is 13.5. The fraction of sp³-hybridized carbons (Fsp3) is 0. The number of aromatic amines is 1. The van der Waals surface area contributed by atoms with Gasteiger partial charge in [-0.3, -0.25) is 0 Å². The number of aromatic nitrogens is 2. The highest BCUT2D eigenvalue weighted by molar-refractivity contribution is 7.71. The van der Waals surface area contributed by atoms with E-state index in [1.807, 2.05) is 0 Å². The Balaban J connectivity index is 2.60. The van der Waals surface area contributed by atoms with Crippen LogP contribution in [0.5, 0.6) is 0 Å². The van der Waals surface area contributed by atoms with Crippen LogP contribution >= 0.6 is 23.8 Å². The zero-order valence-electron chi connectivity index (χ0n) is 7.50. The highest BCUT2D eigenvalue weighted by Crippen LogP contribution is 2.24. The second kappa shape index (κ2) is 4.08. The second-order valence-corrected chi connectivity index (χ2v) is 3.74. The number of hydrogen-bond acceptors (Lipinski definition) is 2. The predicted molar refractivity (Wildman–Crippen MR) is 59.8 cm³/mol. The topological polar surface area (TPSA) is 28.7 Å². The number of rotatable bonds is 1.